The van der Waals surface area contributed by atoms with Gasteiger partial charge >= 0.3 is 5.97 Å². The average Bonchev–Trinajstić information content (AvgIpc) is 3.24. The second-order valence-electron chi connectivity index (χ2n) is 5.34. The van der Waals surface area contributed by atoms with Crippen molar-refractivity contribution in [3.8, 4) is 10.6 Å². The molecule has 24 heavy (non-hydrogen) atoms. The second kappa shape index (κ2) is 6.36. The van der Waals surface area contributed by atoms with Gasteiger partial charge in [0.05, 0.1) is 4.92 Å². The third-order valence-corrected chi connectivity index (χ3v) is 4.74. The van der Waals surface area contributed by atoms with Crippen LogP contribution in [0.4, 0.5) is 5.69 Å². The molecule has 3 rings (SSSR count). The monoisotopic (exact) mass is 347 g/mol. The number of nitro benzene ring substituents is 1. The zero-order valence-corrected chi connectivity index (χ0v) is 13.2. The molecule has 1 amide bonds. The van der Waals surface area contributed by atoms with Crippen LogP contribution in [0, 0.1) is 10.1 Å². The normalized spacial score (nSPS) is 17.0. The molecular weight excluding hydrogens is 334 g/mol. The van der Waals surface area contributed by atoms with Crippen molar-refractivity contribution < 1.29 is 19.6 Å². The van der Waals surface area contributed by atoms with E-state index in [-0.39, 0.29) is 11.4 Å². The Hall–Kier alpha value is -2.81. The number of aromatic nitrogens is 1. The second-order valence-corrected chi connectivity index (χ2v) is 6.19. The number of likely N-dealkylation sites (tertiary alicyclic amines) is 1. The first-order chi connectivity index (χ1) is 11.5. The summed E-state index contributed by atoms with van der Waals surface area (Å²) < 4.78 is 0. The molecule has 1 saturated heterocycles. The van der Waals surface area contributed by atoms with Crippen molar-refractivity contribution in [2.75, 3.05) is 6.54 Å². The fourth-order valence-electron chi connectivity index (χ4n) is 2.64. The van der Waals surface area contributed by atoms with Gasteiger partial charge in [-0.05, 0) is 25.0 Å². The first kappa shape index (κ1) is 16.1. The molecule has 1 aliphatic heterocycles. The molecule has 8 nitrogen and oxygen atoms in total. The summed E-state index contributed by atoms with van der Waals surface area (Å²) in [4.78, 5) is 39.4. The number of aliphatic carboxylic acids is 1. The topological polar surface area (TPSA) is 114 Å². The molecule has 124 valence electrons. The Morgan fingerprint density at radius 1 is 1.33 bits per heavy atom. The Morgan fingerprint density at radius 3 is 2.67 bits per heavy atom. The van der Waals surface area contributed by atoms with Crippen molar-refractivity contribution >= 4 is 28.9 Å². The Kier molecular flexibility index (Phi) is 4.26. The molecule has 0 aliphatic carbocycles. The van der Waals surface area contributed by atoms with Crippen molar-refractivity contribution in [3.05, 3.63) is 45.5 Å². The first-order valence-electron chi connectivity index (χ1n) is 7.21. The van der Waals surface area contributed by atoms with Gasteiger partial charge in [0.2, 0.25) is 0 Å². The van der Waals surface area contributed by atoms with E-state index in [0.717, 1.165) is 0 Å². The fraction of sp³-hybridized carbons (Fsp3) is 0.267. The van der Waals surface area contributed by atoms with Crippen LogP contribution in [0.3, 0.4) is 0 Å². The molecular formula is C15H13N3O5S. The molecule has 0 bridgehead atoms. The van der Waals surface area contributed by atoms with Gasteiger partial charge in [-0.3, -0.25) is 14.9 Å². The zero-order valence-electron chi connectivity index (χ0n) is 12.4. The molecule has 2 aromatic rings. The SMILES string of the molecule is O=C(O)[C@@H]1CCCN1C(=O)c1csc(-c2ccc([N+](=O)[O-])cc2)n1. The number of hydrogen-bond acceptors (Lipinski definition) is 6. The molecule has 0 unspecified atom stereocenters. The van der Waals surface area contributed by atoms with Gasteiger partial charge in [0.15, 0.2) is 0 Å². The molecule has 1 aromatic heterocycles. The summed E-state index contributed by atoms with van der Waals surface area (Å²) in [6.45, 7) is 0.403. The summed E-state index contributed by atoms with van der Waals surface area (Å²) in [6.07, 6.45) is 1.10. The van der Waals surface area contributed by atoms with Crippen LogP contribution in [0.25, 0.3) is 10.6 Å². The van der Waals surface area contributed by atoms with Crippen LogP contribution in [0.1, 0.15) is 23.3 Å². The standard InChI is InChI=1S/C15H13N3O5S/c19-14(17-7-1-2-12(17)15(20)21)11-8-24-13(16-11)9-3-5-10(6-4-9)18(22)23/h3-6,8,12H,1-2,7H2,(H,20,21)/t12-/m0/s1. The van der Waals surface area contributed by atoms with E-state index in [1.54, 1.807) is 17.5 Å². The number of benzene rings is 1. The molecule has 0 radical (unpaired) electrons. The molecule has 1 N–H and O–H groups in total. The Morgan fingerprint density at radius 2 is 2.04 bits per heavy atom. The number of nitrogens with zero attached hydrogens (tertiary/aromatic N) is 3. The van der Waals surface area contributed by atoms with Crippen molar-refractivity contribution in [2.24, 2.45) is 0 Å². The number of carboxylic acid groups (broad SMARTS) is 1. The summed E-state index contributed by atoms with van der Waals surface area (Å²) in [5.41, 5.74) is 0.843. The molecule has 0 spiro atoms. The highest BCUT2D eigenvalue weighted by molar-refractivity contribution is 7.13. The molecule has 1 fully saturated rings. The summed E-state index contributed by atoms with van der Waals surface area (Å²) in [7, 11) is 0. The molecule has 1 aromatic carbocycles. The van der Waals surface area contributed by atoms with E-state index in [9.17, 15) is 19.7 Å². The van der Waals surface area contributed by atoms with Crippen molar-refractivity contribution in [2.45, 2.75) is 18.9 Å². The van der Waals surface area contributed by atoms with Crippen LogP contribution in [0.15, 0.2) is 29.6 Å². The predicted octanol–water partition coefficient (Wildman–Crippen LogP) is 2.41. The minimum absolute atomic E-state index is 0.0204. The Labute approximate surface area is 140 Å². The summed E-state index contributed by atoms with van der Waals surface area (Å²) in [5.74, 6) is -1.41. The minimum atomic E-state index is -1.01. The molecule has 0 saturated carbocycles. The number of nitro groups is 1. The smallest absolute Gasteiger partial charge is 0.326 e. The fourth-order valence-corrected chi connectivity index (χ4v) is 3.44. The maximum atomic E-state index is 12.5. The lowest BCUT2D eigenvalue weighted by Crippen LogP contribution is -2.40. The highest BCUT2D eigenvalue weighted by Gasteiger charge is 2.35. The van der Waals surface area contributed by atoms with Gasteiger partial charge in [-0.2, -0.15) is 0 Å². The summed E-state index contributed by atoms with van der Waals surface area (Å²) in [6, 6.07) is 5.09. The van der Waals surface area contributed by atoms with E-state index < -0.39 is 22.8 Å². The third kappa shape index (κ3) is 2.98. The van der Waals surface area contributed by atoms with Gasteiger partial charge in [-0.15, -0.1) is 11.3 Å². The lowest BCUT2D eigenvalue weighted by atomic mass is 10.2. The van der Waals surface area contributed by atoms with Gasteiger partial charge in [-0.1, -0.05) is 0 Å². The molecule has 1 aliphatic rings. The highest BCUT2D eigenvalue weighted by atomic mass is 32.1. The molecule has 2 heterocycles. The number of thiazole rings is 1. The first-order valence-corrected chi connectivity index (χ1v) is 8.09. The largest absolute Gasteiger partial charge is 0.480 e. The lowest BCUT2D eigenvalue weighted by Gasteiger charge is -2.20. The minimum Gasteiger partial charge on any atom is -0.480 e. The number of carbonyl (C=O) groups is 2. The predicted molar refractivity (Wildman–Crippen MR) is 85.9 cm³/mol. The number of non-ortho nitro benzene ring substituents is 1. The van der Waals surface area contributed by atoms with Gasteiger partial charge in [0.1, 0.15) is 16.7 Å². The highest BCUT2D eigenvalue weighted by Crippen LogP contribution is 2.27. The van der Waals surface area contributed by atoms with Gasteiger partial charge in [0, 0.05) is 29.6 Å². The van der Waals surface area contributed by atoms with Gasteiger partial charge in [-0.25, -0.2) is 9.78 Å². The Bertz CT molecular complexity index is 802. The van der Waals surface area contributed by atoms with Crippen LogP contribution in [-0.4, -0.2) is 44.4 Å². The maximum Gasteiger partial charge on any atom is 0.326 e. The van der Waals surface area contributed by atoms with Gasteiger partial charge < -0.3 is 10.0 Å². The summed E-state index contributed by atoms with van der Waals surface area (Å²) >= 11 is 1.24. The number of rotatable bonds is 4. The van der Waals surface area contributed by atoms with Crippen molar-refractivity contribution in [3.63, 3.8) is 0 Å². The van der Waals surface area contributed by atoms with E-state index in [4.69, 9.17) is 5.11 Å². The van der Waals surface area contributed by atoms with Gasteiger partial charge in [0.25, 0.3) is 11.6 Å². The van der Waals surface area contributed by atoms with E-state index in [0.29, 0.717) is 30.0 Å². The van der Waals surface area contributed by atoms with Crippen LogP contribution in [0.2, 0.25) is 0 Å². The van der Waals surface area contributed by atoms with E-state index in [1.165, 1.54) is 28.4 Å². The van der Waals surface area contributed by atoms with Crippen LogP contribution < -0.4 is 0 Å². The average molecular weight is 347 g/mol. The van der Waals surface area contributed by atoms with E-state index >= 15 is 0 Å². The Balaban J connectivity index is 1.81. The van der Waals surface area contributed by atoms with Crippen molar-refractivity contribution in [1.82, 2.24) is 9.88 Å². The lowest BCUT2D eigenvalue weighted by molar-refractivity contribution is -0.384. The number of amides is 1. The van der Waals surface area contributed by atoms with E-state index in [2.05, 4.69) is 4.98 Å². The maximum absolute atomic E-state index is 12.5. The third-order valence-electron chi connectivity index (χ3n) is 3.85. The van der Waals surface area contributed by atoms with Crippen LogP contribution in [-0.2, 0) is 4.79 Å². The van der Waals surface area contributed by atoms with E-state index in [1.807, 2.05) is 0 Å². The quantitative estimate of drug-likeness (QED) is 0.671. The van der Waals surface area contributed by atoms with Crippen molar-refractivity contribution in [1.29, 1.82) is 0 Å². The number of hydrogen-bond donors (Lipinski definition) is 1. The van der Waals surface area contributed by atoms with Crippen LogP contribution >= 0.6 is 11.3 Å². The molecule has 1 atom stereocenters. The van der Waals surface area contributed by atoms with Crippen LogP contribution in [0.5, 0.6) is 0 Å². The number of carboxylic acids is 1. The number of carbonyl (C=O) groups excluding carboxylic acids is 1. The zero-order chi connectivity index (χ0) is 17.3. The molecule has 9 heteroatoms. The summed E-state index contributed by atoms with van der Waals surface area (Å²) in [5, 5.41) is 22.0.